The first kappa shape index (κ1) is 21.1. The lowest BCUT2D eigenvalue weighted by atomic mass is 10.3. The number of nitrogens with zero attached hydrogens (tertiary/aromatic N) is 6. The first-order valence-electron chi connectivity index (χ1n) is 9.38. The fourth-order valence-electron chi connectivity index (χ4n) is 3.12. The van der Waals surface area contributed by atoms with Crippen LogP contribution in [0.15, 0.2) is 40.9 Å². The fourth-order valence-corrected chi connectivity index (χ4v) is 4.42. The number of ether oxygens (including phenoxy) is 1. The molecule has 0 atom stereocenters. The number of sulfonamides is 1. The van der Waals surface area contributed by atoms with Crippen molar-refractivity contribution < 1.29 is 17.9 Å². The van der Waals surface area contributed by atoms with Crippen LogP contribution in [0.5, 0.6) is 0 Å². The first-order chi connectivity index (χ1) is 14.9. The van der Waals surface area contributed by atoms with Crippen molar-refractivity contribution in [2.45, 2.75) is 37.8 Å². The topological polar surface area (TPSA) is 148 Å². The molecule has 0 radical (unpaired) electrons. The van der Waals surface area contributed by atoms with Crippen molar-refractivity contribution in [2.24, 2.45) is 5.14 Å². The van der Waals surface area contributed by atoms with Crippen LogP contribution in [0.25, 0.3) is 16.7 Å². The Morgan fingerprint density at radius 2 is 2.13 bits per heavy atom. The Morgan fingerprint density at radius 1 is 1.29 bits per heavy atom. The number of carbonyl (C=O) groups is 1. The van der Waals surface area contributed by atoms with Gasteiger partial charge in [0, 0.05) is 6.54 Å². The number of hydrogen-bond donors (Lipinski definition) is 1. The van der Waals surface area contributed by atoms with Crippen molar-refractivity contribution >= 4 is 38.4 Å². The molecule has 31 heavy (non-hydrogen) atoms. The highest BCUT2D eigenvalue weighted by Crippen LogP contribution is 2.24. The average molecular weight is 462 g/mol. The molecule has 0 aliphatic carbocycles. The summed E-state index contributed by atoms with van der Waals surface area (Å²) in [6.45, 7) is 2.65. The standard InChI is InChI=1S/C18H19N7O4S2/c1-2-3-7-24-14-5-4-12(31(19,27)28)9-13(14)21-16(24)10-29-18(26)17-15(6-8-30-17)25-11-20-22-23-25/h4-6,8-9,11H,2-3,7,10H2,1H3,(H2,19,27,28). The first-order valence-corrected chi connectivity index (χ1v) is 11.8. The minimum atomic E-state index is -3.85. The summed E-state index contributed by atoms with van der Waals surface area (Å²) in [5.74, 6) is -0.0104. The van der Waals surface area contributed by atoms with Crippen molar-refractivity contribution in [1.82, 2.24) is 29.8 Å². The number of primary sulfonamides is 1. The Kier molecular flexibility index (Phi) is 5.80. The van der Waals surface area contributed by atoms with Gasteiger partial charge in [-0.25, -0.2) is 23.3 Å². The molecule has 3 aromatic heterocycles. The van der Waals surface area contributed by atoms with Crippen LogP contribution in [0.3, 0.4) is 0 Å². The van der Waals surface area contributed by atoms with E-state index in [0.717, 1.165) is 18.4 Å². The van der Waals surface area contributed by atoms with Gasteiger partial charge in [0.25, 0.3) is 0 Å². The van der Waals surface area contributed by atoms with Gasteiger partial charge in [-0.1, -0.05) is 13.3 Å². The van der Waals surface area contributed by atoms with Gasteiger partial charge in [0.15, 0.2) is 0 Å². The van der Waals surface area contributed by atoms with Gasteiger partial charge in [-0.15, -0.1) is 16.4 Å². The molecule has 0 spiro atoms. The van der Waals surface area contributed by atoms with E-state index in [1.54, 1.807) is 17.5 Å². The van der Waals surface area contributed by atoms with Crippen molar-refractivity contribution in [3.63, 3.8) is 0 Å². The molecule has 13 heteroatoms. The predicted molar refractivity (Wildman–Crippen MR) is 112 cm³/mol. The van der Waals surface area contributed by atoms with Crippen LogP contribution in [-0.2, 0) is 27.9 Å². The van der Waals surface area contributed by atoms with Gasteiger partial charge < -0.3 is 9.30 Å². The van der Waals surface area contributed by atoms with E-state index in [1.807, 2.05) is 4.57 Å². The second-order valence-corrected chi connectivity index (χ2v) is 9.17. The Bertz CT molecular complexity index is 1330. The fraction of sp³-hybridized carbons (Fsp3) is 0.278. The largest absolute Gasteiger partial charge is 0.453 e. The van der Waals surface area contributed by atoms with Crippen LogP contribution in [0.1, 0.15) is 35.3 Å². The quantitative estimate of drug-likeness (QED) is 0.391. The van der Waals surface area contributed by atoms with E-state index in [9.17, 15) is 13.2 Å². The third-order valence-electron chi connectivity index (χ3n) is 4.62. The Hall–Kier alpha value is -3.16. The van der Waals surface area contributed by atoms with Gasteiger partial charge in [0.2, 0.25) is 10.0 Å². The summed E-state index contributed by atoms with van der Waals surface area (Å²) in [6, 6.07) is 6.26. The van der Waals surface area contributed by atoms with Crippen molar-refractivity contribution in [3.05, 3.63) is 46.7 Å². The van der Waals surface area contributed by atoms with Crippen LogP contribution < -0.4 is 5.14 Å². The van der Waals surface area contributed by atoms with E-state index in [4.69, 9.17) is 9.88 Å². The maximum atomic E-state index is 12.7. The zero-order valence-electron chi connectivity index (χ0n) is 16.5. The van der Waals surface area contributed by atoms with E-state index in [0.29, 0.717) is 28.5 Å². The van der Waals surface area contributed by atoms with Crippen molar-refractivity contribution in [3.8, 4) is 5.69 Å². The molecular weight excluding hydrogens is 442 g/mol. The number of tetrazole rings is 1. The molecule has 1 aromatic carbocycles. The summed E-state index contributed by atoms with van der Waals surface area (Å²) in [5.41, 5.74) is 1.74. The average Bonchev–Trinajstić information content (AvgIpc) is 3.48. The van der Waals surface area contributed by atoms with Crippen molar-refractivity contribution in [2.75, 3.05) is 0 Å². The van der Waals surface area contributed by atoms with Gasteiger partial charge in [-0.3, -0.25) is 0 Å². The number of unbranched alkanes of at least 4 members (excludes halogenated alkanes) is 1. The molecule has 162 valence electrons. The number of thiophene rings is 1. The van der Waals surface area contributed by atoms with Crippen LogP contribution in [0, 0.1) is 0 Å². The summed E-state index contributed by atoms with van der Waals surface area (Å²) in [7, 11) is -3.85. The van der Waals surface area contributed by atoms with Crippen LogP contribution >= 0.6 is 11.3 Å². The molecule has 0 amide bonds. The highest BCUT2D eigenvalue weighted by Gasteiger charge is 2.20. The number of rotatable bonds is 8. The minimum Gasteiger partial charge on any atom is -0.453 e. The molecule has 3 heterocycles. The van der Waals surface area contributed by atoms with Gasteiger partial charge in [-0.05, 0) is 46.5 Å². The number of carbonyl (C=O) groups excluding carboxylic acids is 1. The lowest BCUT2D eigenvalue weighted by Crippen LogP contribution is -2.12. The highest BCUT2D eigenvalue weighted by atomic mass is 32.2. The number of hydrogen-bond acceptors (Lipinski definition) is 9. The number of benzene rings is 1. The second-order valence-electron chi connectivity index (χ2n) is 6.69. The molecule has 0 aliphatic heterocycles. The zero-order valence-corrected chi connectivity index (χ0v) is 18.1. The highest BCUT2D eigenvalue weighted by molar-refractivity contribution is 7.89. The molecule has 11 nitrogen and oxygen atoms in total. The number of imidazole rings is 1. The number of fused-ring (bicyclic) bond motifs is 1. The Morgan fingerprint density at radius 3 is 2.84 bits per heavy atom. The lowest BCUT2D eigenvalue weighted by molar-refractivity contribution is 0.0464. The molecule has 4 aromatic rings. The summed E-state index contributed by atoms with van der Waals surface area (Å²) < 4.78 is 32.2. The molecule has 4 rings (SSSR count). The maximum absolute atomic E-state index is 12.7. The van der Waals surface area contributed by atoms with Crippen LogP contribution in [0.4, 0.5) is 0 Å². The molecular formula is C18H19N7O4S2. The molecule has 0 saturated heterocycles. The summed E-state index contributed by atoms with van der Waals surface area (Å²) >= 11 is 1.22. The minimum absolute atomic E-state index is 0.0200. The zero-order chi connectivity index (χ0) is 22.0. The predicted octanol–water partition coefficient (Wildman–Crippen LogP) is 1.88. The normalized spacial score (nSPS) is 11.8. The van der Waals surface area contributed by atoms with Gasteiger partial charge in [-0.2, -0.15) is 4.68 Å². The number of aryl methyl sites for hydroxylation is 1. The van der Waals surface area contributed by atoms with Gasteiger partial charge >= 0.3 is 5.97 Å². The third kappa shape index (κ3) is 4.33. The van der Waals surface area contributed by atoms with Crippen LogP contribution in [-0.4, -0.2) is 44.1 Å². The smallest absolute Gasteiger partial charge is 0.351 e. The van der Waals surface area contributed by atoms with E-state index in [2.05, 4.69) is 27.4 Å². The number of esters is 1. The molecule has 0 saturated carbocycles. The van der Waals surface area contributed by atoms with Gasteiger partial charge in [0.1, 0.15) is 23.6 Å². The molecule has 2 N–H and O–H groups in total. The number of nitrogens with two attached hydrogens (primary N) is 1. The SMILES string of the molecule is CCCCn1c(COC(=O)c2sccc2-n2cnnn2)nc2cc(S(N)(=O)=O)ccc21. The second kappa shape index (κ2) is 8.53. The maximum Gasteiger partial charge on any atom is 0.351 e. The summed E-state index contributed by atoms with van der Waals surface area (Å²) in [5, 5.41) is 17.9. The van der Waals surface area contributed by atoms with E-state index in [-0.39, 0.29) is 11.5 Å². The monoisotopic (exact) mass is 461 g/mol. The van der Waals surface area contributed by atoms with E-state index in [1.165, 1.54) is 34.5 Å². The molecule has 0 aliphatic rings. The third-order valence-corrected chi connectivity index (χ3v) is 6.42. The Labute approximate surface area is 181 Å². The molecule has 0 bridgehead atoms. The lowest BCUT2D eigenvalue weighted by Gasteiger charge is -2.09. The Balaban J connectivity index is 1.62. The summed E-state index contributed by atoms with van der Waals surface area (Å²) in [6.07, 6.45) is 3.24. The van der Waals surface area contributed by atoms with E-state index < -0.39 is 16.0 Å². The molecule has 0 fully saturated rings. The van der Waals surface area contributed by atoms with E-state index >= 15 is 0 Å². The summed E-state index contributed by atoms with van der Waals surface area (Å²) in [4.78, 5) is 17.5. The number of aromatic nitrogens is 6. The van der Waals surface area contributed by atoms with Gasteiger partial charge in [0.05, 0.1) is 21.6 Å². The van der Waals surface area contributed by atoms with Crippen LogP contribution in [0.2, 0.25) is 0 Å². The molecule has 0 unspecified atom stereocenters. The van der Waals surface area contributed by atoms with Crippen molar-refractivity contribution in [1.29, 1.82) is 0 Å².